The highest BCUT2D eigenvalue weighted by atomic mass is 35.5. The number of halogens is 1. The lowest BCUT2D eigenvalue weighted by atomic mass is 9.93. The van der Waals surface area contributed by atoms with Gasteiger partial charge in [0.1, 0.15) is 0 Å². The van der Waals surface area contributed by atoms with Crippen molar-refractivity contribution in [2.75, 3.05) is 0 Å². The molecule has 0 saturated heterocycles. The summed E-state index contributed by atoms with van der Waals surface area (Å²) in [5.74, 6) is 2.54. The Morgan fingerprint density at radius 2 is 2.18 bits per heavy atom. The Balaban J connectivity index is 1.79. The van der Waals surface area contributed by atoms with Crippen LogP contribution in [-0.2, 0) is 6.54 Å². The zero-order valence-corrected chi connectivity index (χ0v) is 11.0. The molecule has 3 atom stereocenters. The quantitative estimate of drug-likeness (QED) is 0.897. The Bertz CT molecular complexity index is 405. The fraction of sp³-hybridized carbons (Fsp3) is 0.769. The number of rotatable bonds is 4. The summed E-state index contributed by atoms with van der Waals surface area (Å²) < 4.78 is 2.00. The highest BCUT2D eigenvalue weighted by Crippen LogP contribution is 2.56. The Morgan fingerprint density at radius 1 is 1.47 bits per heavy atom. The fourth-order valence-corrected chi connectivity index (χ4v) is 3.64. The first-order valence-corrected chi connectivity index (χ1v) is 7.05. The number of aryl methyl sites for hydroxylation is 1. The normalized spacial score (nSPS) is 32.5. The molecule has 0 amide bonds. The molecule has 0 aromatic carbocycles. The maximum atomic E-state index is 6.41. The van der Waals surface area contributed by atoms with E-state index in [0.717, 1.165) is 35.5 Å². The van der Waals surface area contributed by atoms with Gasteiger partial charge in [-0.25, -0.2) is 0 Å². The molecule has 94 valence electrons. The summed E-state index contributed by atoms with van der Waals surface area (Å²) in [5.41, 5.74) is 7.47. The predicted molar refractivity (Wildman–Crippen MR) is 68.8 cm³/mol. The summed E-state index contributed by atoms with van der Waals surface area (Å²) in [5, 5.41) is 5.08. The van der Waals surface area contributed by atoms with E-state index in [9.17, 15) is 0 Å². The summed E-state index contributed by atoms with van der Waals surface area (Å²) in [4.78, 5) is 0. The van der Waals surface area contributed by atoms with Crippen molar-refractivity contribution in [3.05, 3.63) is 16.9 Å². The van der Waals surface area contributed by atoms with E-state index in [1.807, 2.05) is 4.68 Å². The first kappa shape index (κ1) is 11.5. The van der Waals surface area contributed by atoms with Crippen molar-refractivity contribution in [3.63, 3.8) is 0 Å². The molecule has 2 fully saturated rings. The Kier molecular flexibility index (Phi) is 2.91. The monoisotopic (exact) mass is 253 g/mol. The first-order valence-electron chi connectivity index (χ1n) is 6.67. The summed E-state index contributed by atoms with van der Waals surface area (Å²) >= 11 is 6.24. The van der Waals surface area contributed by atoms with Crippen LogP contribution in [0.25, 0.3) is 0 Å². The number of nitrogens with two attached hydrogens (primary N) is 1. The van der Waals surface area contributed by atoms with Crippen LogP contribution in [0.2, 0.25) is 5.02 Å². The number of hydrogen-bond donors (Lipinski definition) is 1. The van der Waals surface area contributed by atoms with Gasteiger partial charge in [-0.1, -0.05) is 18.5 Å². The van der Waals surface area contributed by atoms with Gasteiger partial charge in [0, 0.05) is 6.54 Å². The second kappa shape index (κ2) is 4.29. The molecule has 3 rings (SSSR count). The lowest BCUT2D eigenvalue weighted by Crippen LogP contribution is -2.24. The van der Waals surface area contributed by atoms with Gasteiger partial charge in [-0.15, -0.1) is 0 Å². The summed E-state index contributed by atoms with van der Waals surface area (Å²) in [7, 11) is 0. The highest BCUT2D eigenvalue weighted by Gasteiger charge is 2.48. The molecule has 2 saturated carbocycles. The average Bonchev–Trinajstić information content (AvgIpc) is 2.75. The summed E-state index contributed by atoms with van der Waals surface area (Å²) in [6, 6.07) is 0.0735. The highest BCUT2D eigenvalue weighted by molar-refractivity contribution is 6.31. The van der Waals surface area contributed by atoms with Gasteiger partial charge in [0.2, 0.25) is 0 Å². The fourth-order valence-electron chi connectivity index (χ4n) is 3.37. The SMILES string of the molecule is CCCn1ncc(Cl)c1C(N)C1CC2CC2C1. The standard InChI is InChI=1S/C13H20ClN3/c1-2-3-17-13(11(14)7-16-17)12(15)10-5-8-4-9(8)6-10/h7-10,12H,2-6,15H2,1H3. The molecular formula is C13H20ClN3. The molecule has 1 aromatic rings. The van der Waals surface area contributed by atoms with Crippen LogP contribution in [0.1, 0.15) is 44.3 Å². The van der Waals surface area contributed by atoms with Gasteiger partial charge in [0.25, 0.3) is 0 Å². The minimum Gasteiger partial charge on any atom is -0.322 e. The van der Waals surface area contributed by atoms with Crippen LogP contribution in [0.15, 0.2) is 6.20 Å². The molecule has 4 heteroatoms. The third-order valence-corrected chi connectivity index (χ3v) is 4.66. The summed E-state index contributed by atoms with van der Waals surface area (Å²) in [6.45, 7) is 3.06. The maximum Gasteiger partial charge on any atom is 0.0834 e. The van der Waals surface area contributed by atoms with Gasteiger partial charge < -0.3 is 5.73 Å². The van der Waals surface area contributed by atoms with Gasteiger partial charge in [0.15, 0.2) is 0 Å². The Morgan fingerprint density at radius 3 is 2.82 bits per heavy atom. The topological polar surface area (TPSA) is 43.8 Å². The molecule has 0 aliphatic heterocycles. The van der Waals surface area contributed by atoms with E-state index < -0.39 is 0 Å². The third-order valence-electron chi connectivity index (χ3n) is 4.37. The van der Waals surface area contributed by atoms with Crippen molar-refractivity contribution >= 4 is 11.6 Å². The second-order valence-electron chi connectivity index (χ2n) is 5.61. The van der Waals surface area contributed by atoms with Crippen LogP contribution >= 0.6 is 11.6 Å². The largest absolute Gasteiger partial charge is 0.322 e. The molecule has 2 aliphatic carbocycles. The van der Waals surface area contributed by atoms with Crippen LogP contribution < -0.4 is 5.73 Å². The molecule has 3 unspecified atom stereocenters. The smallest absolute Gasteiger partial charge is 0.0834 e. The summed E-state index contributed by atoms with van der Waals surface area (Å²) in [6.07, 6.45) is 6.82. The van der Waals surface area contributed by atoms with Gasteiger partial charge >= 0.3 is 0 Å². The number of hydrogen-bond acceptors (Lipinski definition) is 2. The number of aromatic nitrogens is 2. The molecular weight excluding hydrogens is 234 g/mol. The van der Waals surface area contributed by atoms with Crippen LogP contribution in [0, 0.1) is 17.8 Å². The van der Waals surface area contributed by atoms with Crippen LogP contribution in [0.3, 0.4) is 0 Å². The minimum absolute atomic E-state index is 0.0735. The van der Waals surface area contributed by atoms with E-state index in [-0.39, 0.29) is 6.04 Å². The molecule has 3 nitrogen and oxygen atoms in total. The Labute approximate surface area is 107 Å². The van der Waals surface area contributed by atoms with Crippen LogP contribution in [-0.4, -0.2) is 9.78 Å². The number of nitrogens with zero attached hydrogens (tertiary/aromatic N) is 2. The van der Waals surface area contributed by atoms with E-state index >= 15 is 0 Å². The molecule has 1 heterocycles. The van der Waals surface area contributed by atoms with Crippen LogP contribution in [0.5, 0.6) is 0 Å². The lowest BCUT2D eigenvalue weighted by Gasteiger charge is -2.22. The van der Waals surface area contributed by atoms with E-state index in [0.29, 0.717) is 5.92 Å². The molecule has 0 bridgehead atoms. The van der Waals surface area contributed by atoms with Crippen molar-refractivity contribution < 1.29 is 0 Å². The van der Waals surface area contributed by atoms with Gasteiger partial charge in [-0.2, -0.15) is 5.10 Å². The van der Waals surface area contributed by atoms with Crippen molar-refractivity contribution in [1.82, 2.24) is 9.78 Å². The van der Waals surface area contributed by atoms with Gasteiger partial charge in [0.05, 0.1) is 23.0 Å². The molecule has 1 aromatic heterocycles. The molecule has 2 N–H and O–H groups in total. The Hall–Kier alpha value is -0.540. The number of fused-ring (bicyclic) bond motifs is 1. The van der Waals surface area contributed by atoms with Crippen LogP contribution in [0.4, 0.5) is 0 Å². The lowest BCUT2D eigenvalue weighted by molar-refractivity contribution is 0.380. The minimum atomic E-state index is 0.0735. The van der Waals surface area contributed by atoms with Crippen molar-refractivity contribution in [1.29, 1.82) is 0 Å². The molecule has 0 spiro atoms. The maximum absolute atomic E-state index is 6.41. The first-order chi connectivity index (χ1) is 8.20. The van der Waals surface area contributed by atoms with Crippen molar-refractivity contribution in [3.8, 4) is 0 Å². The molecule has 17 heavy (non-hydrogen) atoms. The van der Waals surface area contributed by atoms with Gasteiger partial charge in [-0.05, 0) is 43.4 Å². The molecule has 0 radical (unpaired) electrons. The average molecular weight is 254 g/mol. The van der Waals surface area contributed by atoms with E-state index in [1.165, 1.54) is 19.3 Å². The van der Waals surface area contributed by atoms with Crippen molar-refractivity contribution in [2.24, 2.45) is 23.5 Å². The van der Waals surface area contributed by atoms with E-state index in [1.54, 1.807) is 6.20 Å². The zero-order valence-electron chi connectivity index (χ0n) is 10.3. The van der Waals surface area contributed by atoms with E-state index in [4.69, 9.17) is 17.3 Å². The third kappa shape index (κ3) is 2.00. The van der Waals surface area contributed by atoms with Gasteiger partial charge in [-0.3, -0.25) is 4.68 Å². The van der Waals surface area contributed by atoms with E-state index in [2.05, 4.69) is 12.0 Å². The second-order valence-corrected chi connectivity index (χ2v) is 6.02. The predicted octanol–water partition coefficient (Wildman–Crippen LogP) is 2.99. The molecule has 2 aliphatic rings. The van der Waals surface area contributed by atoms with Crippen molar-refractivity contribution in [2.45, 2.75) is 45.2 Å². The zero-order chi connectivity index (χ0) is 12.0.